The average molecular weight is 264 g/mol. The number of hydrogen-bond donors (Lipinski definition) is 3. The summed E-state index contributed by atoms with van der Waals surface area (Å²) in [7, 11) is 1.69. The first-order chi connectivity index (χ1) is 9.28. The number of aromatic nitrogens is 1. The third kappa shape index (κ3) is 5.13. The molecule has 2 amide bonds. The fraction of sp³-hybridized carbons (Fsp3) is 0.538. The third-order valence-electron chi connectivity index (χ3n) is 2.77. The molecule has 0 radical (unpaired) electrons. The first-order valence-electron chi connectivity index (χ1n) is 6.54. The summed E-state index contributed by atoms with van der Waals surface area (Å²) in [6, 6.07) is 3.84. The molecule has 1 saturated carbocycles. The van der Waals surface area contributed by atoms with Gasteiger partial charge >= 0.3 is 6.03 Å². The van der Waals surface area contributed by atoms with Crippen molar-refractivity contribution in [2.45, 2.75) is 25.3 Å². The van der Waals surface area contributed by atoms with E-state index in [4.69, 9.17) is 4.74 Å². The van der Waals surface area contributed by atoms with Gasteiger partial charge in [-0.1, -0.05) is 0 Å². The molecule has 0 spiro atoms. The number of hydrogen-bond acceptors (Lipinski definition) is 4. The maximum absolute atomic E-state index is 11.5. The molecule has 0 bridgehead atoms. The van der Waals surface area contributed by atoms with Gasteiger partial charge in [0.25, 0.3) is 0 Å². The van der Waals surface area contributed by atoms with Gasteiger partial charge in [0.1, 0.15) is 5.82 Å². The lowest BCUT2D eigenvalue weighted by Crippen LogP contribution is -2.30. The van der Waals surface area contributed by atoms with Gasteiger partial charge in [0.15, 0.2) is 0 Å². The molecule has 0 saturated heterocycles. The maximum Gasteiger partial charge on any atom is 0.320 e. The number of methoxy groups -OCH3 is 1. The highest BCUT2D eigenvalue weighted by molar-refractivity contribution is 5.88. The molecule has 0 aromatic carbocycles. The number of rotatable bonds is 7. The predicted molar refractivity (Wildman–Crippen MR) is 74.4 cm³/mol. The van der Waals surface area contributed by atoms with E-state index in [0.29, 0.717) is 11.9 Å². The Morgan fingerprint density at radius 2 is 2.32 bits per heavy atom. The normalized spacial score (nSPS) is 13.9. The minimum atomic E-state index is -0.184. The molecule has 2 rings (SSSR count). The Balaban J connectivity index is 1.72. The average Bonchev–Trinajstić information content (AvgIpc) is 3.20. The monoisotopic (exact) mass is 264 g/mol. The predicted octanol–water partition coefficient (Wildman–Crippen LogP) is 1.81. The van der Waals surface area contributed by atoms with Gasteiger partial charge in [-0.2, -0.15) is 0 Å². The lowest BCUT2D eigenvalue weighted by molar-refractivity contribution is 0.198. The van der Waals surface area contributed by atoms with Crippen molar-refractivity contribution < 1.29 is 9.53 Å². The van der Waals surface area contributed by atoms with Crippen LogP contribution in [0.2, 0.25) is 0 Å². The molecule has 0 unspecified atom stereocenters. The van der Waals surface area contributed by atoms with Crippen molar-refractivity contribution in [1.82, 2.24) is 10.3 Å². The lowest BCUT2D eigenvalue weighted by Gasteiger charge is -2.08. The summed E-state index contributed by atoms with van der Waals surface area (Å²) >= 11 is 0. The Bertz CT molecular complexity index is 404. The van der Waals surface area contributed by atoms with Crippen LogP contribution in [0.4, 0.5) is 16.3 Å². The minimum absolute atomic E-state index is 0.184. The van der Waals surface area contributed by atoms with Crippen LogP contribution in [-0.2, 0) is 4.74 Å². The molecular weight excluding hydrogens is 244 g/mol. The van der Waals surface area contributed by atoms with Crippen LogP contribution in [0.5, 0.6) is 0 Å². The van der Waals surface area contributed by atoms with Crippen LogP contribution in [0.1, 0.15) is 19.3 Å². The van der Waals surface area contributed by atoms with E-state index in [0.717, 1.165) is 38.1 Å². The number of amides is 2. The summed E-state index contributed by atoms with van der Waals surface area (Å²) in [5, 5.41) is 8.79. The Kier molecular flexibility index (Phi) is 4.97. The molecule has 3 N–H and O–H groups in total. The van der Waals surface area contributed by atoms with Gasteiger partial charge < -0.3 is 15.4 Å². The number of ether oxygens (including phenoxy) is 1. The number of carbonyl (C=O) groups is 1. The minimum Gasteiger partial charge on any atom is -0.385 e. The van der Waals surface area contributed by atoms with Crippen molar-refractivity contribution in [2.24, 2.45) is 0 Å². The van der Waals surface area contributed by atoms with Crippen LogP contribution < -0.4 is 16.0 Å². The van der Waals surface area contributed by atoms with E-state index >= 15 is 0 Å². The van der Waals surface area contributed by atoms with Gasteiger partial charge in [-0.15, -0.1) is 0 Å². The number of urea groups is 1. The van der Waals surface area contributed by atoms with E-state index in [1.165, 1.54) is 0 Å². The van der Waals surface area contributed by atoms with Gasteiger partial charge in [-0.05, 0) is 31.4 Å². The Hall–Kier alpha value is -1.82. The lowest BCUT2D eigenvalue weighted by atomic mass is 10.3. The summed E-state index contributed by atoms with van der Waals surface area (Å²) in [6.07, 6.45) is 4.80. The molecule has 1 aromatic heterocycles. The summed E-state index contributed by atoms with van der Waals surface area (Å²) in [5.74, 6) is 0.556. The summed E-state index contributed by atoms with van der Waals surface area (Å²) in [5.41, 5.74) is 0.934. The van der Waals surface area contributed by atoms with Crippen LogP contribution in [0, 0.1) is 0 Å². The highest BCUT2D eigenvalue weighted by Gasteiger charge is 2.23. The van der Waals surface area contributed by atoms with E-state index in [-0.39, 0.29) is 6.03 Å². The molecule has 1 aliphatic rings. The first-order valence-corrected chi connectivity index (χ1v) is 6.54. The molecule has 1 aromatic rings. The molecule has 19 heavy (non-hydrogen) atoms. The quantitative estimate of drug-likeness (QED) is 0.657. The van der Waals surface area contributed by atoms with Gasteiger partial charge in [-0.25, -0.2) is 9.78 Å². The van der Waals surface area contributed by atoms with Crippen molar-refractivity contribution in [3.8, 4) is 0 Å². The van der Waals surface area contributed by atoms with Gasteiger partial charge in [-0.3, -0.25) is 5.32 Å². The van der Waals surface area contributed by atoms with Crippen molar-refractivity contribution in [3.63, 3.8) is 0 Å². The van der Waals surface area contributed by atoms with Crippen LogP contribution in [0.25, 0.3) is 0 Å². The molecule has 6 nitrogen and oxygen atoms in total. The van der Waals surface area contributed by atoms with E-state index in [2.05, 4.69) is 20.9 Å². The van der Waals surface area contributed by atoms with E-state index in [9.17, 15) is 4.79 Å². The van der Waals surface area contributed by atoms with E-state index in [1.54, 1.807) is 19.4 Å². The first kappa shape index (κ1) is 13.6. The number of nitrogens with one attached hydrogen (secondary N) is 3. The van der Waals surface area contributed by atoms with Crippen LogP contribution in [0.15, 0.2) is 18.3 Å². The van der Waals surface area contributed by atoms with Crippen LogP contribution in [-0.4, -0.2) is 37.3 Å². The molecule has 104 valence electrons. The van der Waals surface area contributed by atoms with Gasteiger partial charge in [0.05, 0.1) is 11.9 Å². The third-order valence-corrected chi connectivity index (χ3v) is 2.77. The van der Waals surface area contributed by atoms with Crippen molar-refractivity contribution in [2.75, 3.05) is 30.9 Å². The zero-order valence-electron chi connectivity index (χ0n) is 11.1. The number of anilines is 2. The highest BCUT2D eigenvalue weighted by atomic mass is 16.5. The Labute approximate surface area is 112 Å². The maximum atomic E-state index is 11.5. The zero-order valence-corrected chi connectivity index (χ0v) is 11.1. The standard InChI is InChI=1S/C13H20N4O2/c1-19-8-2-7-14-11-5-6-12(15-9-11)17-13(18)16-10-3-4-10/h5-6,9-10,14H,2-4,7-8H2,1H3,(H2,15,16,17,18). The van der Waals surface area contributed by atoms with Crippen molar-refractivity contribution in [1.29, 1.82) is 0 Å². The van der Waals surface area contributed by atoms with Crippen molar-refractivity contribution >= 4 is 17.5 Å². The second-order valence-corrected chi connectivity index (χ2v) is 4.58. The van der Waals surface area contributed by atoms with Gasteiger partial charge in [0.2, 0.25) is 0 Å². The molecule has 0 atom stereocenters. The van der Waals surface area contributed by atoms with Crippen LogP contribution in [0.3, 0.4) is 0 Å². The molecule has 6 heteroatoms. The Morgan fingerprint density at radius 1 is 1.47 bits per heavy atom. The van der Waals surface area contributed by atoms with Crippen LogP contribution >= 0.6 is 0 Å². The SMILES string of the molecule is COCCCNc1ccc(NC(=O)NC2CC2)nc1. The second kappa shape index (κ2) is 6.94. The molecule has 1 aliphatic carbocycles. The topological polar surface area (TPSA) is 75.3 Å². The molecule has 1 heterocycles. The molecule has 1 fully saturated rings. The summed E-state index contributed by atoms with van der Waals surface area (Å²) in [4.78, 5) is 15.7. The molecule has 0 aliphatic heterocycles. The van der Waals surface area contributed by atoms with Crippen molar-refractivity contribution in [3.05, 3.63) is 18.3 Å². The summed E-state index contributed by atoms with van der Waals surface area (Å²) in [6.45, 7) is 1.58. The fourth-order valence-corrected chi connectivity index (χ4v) is 1.59. The smallest absolute Gasteiger partial charge is 0.320 e. The van der Waals surface area contributed by atoms with E-state index in [1.807, 2.05) is 6.07 Å². The summed E-state index contributed by atoms with van der Waals surface area (Å²) < 4.78 is 4.97. The number of pyridine rings is 1. The largest absolute Gasteiger partial charge is 0.385 e. The number of nitrogens with zero attached hydrogens (tertiary/aromatic N) is 1. The molecular formula is C13H20N4O2. The Morgan fingerprint density at radius 3 is 2.95 bits per heavy atom. The number of carbonyl (C=O) groups excluding carboxylic acids is 1. The fourth-order valence-electron chi connectivity index (χ4n) is 1.59. The van der Waals surface area contributed by atoms with Gasteiger partial charge in [0, 0.05) is 26.3 Å². The highest BCUT2D eigenvalue weighted by Crippen LogP contribution is 2.18. The van der Waals surface area contributed by atoms with E-state index < -0.39 is 0 Å². The zero-order chi connectivity index (χ0) is 13.5. The second-order valence-electron chi connectivity index (χ2n) is 4.58.